The SMILES string of the molecule is COc1cc([N+](=O)[O-])cc(CN)c1O.COc1cccc(CN)c1O.Cc1ccc(CO)cc1CN.Cc1ccc(Cl)cc1CN.Cc1ccc(O)cc1CN.NCc1ccccc1O. The Kier molecular flexibility index (Phi) is 26.6. The molecule has 6 aromatic carbocycles. The van der Waals surface area contributed by atoms with Gasteiger partial charge in [0.25, 0.3) is 5.69 Å². The van der Waals surface area contributed by atoms with Crippen LogP contribution in [-0.2, 0) is 45.9 Å². The summed E-state index contributed by atoms with van der Waals surface area (Å²) in [7, 11) is 2.83. The Morgan fingerprint density at radius 1 is 0.538 bits per heavy atom. The molecule has 0 fully saturated rings. The minimum Gasteiger partial charge on any atom is -0.508 e. The maximum absolute atomic E-state index is 10.5. The van der Waals surface area contributed by atoms with E-state index in [2.05, 4.69) is 0 Å². The second kappa shape index (κ2) is 30.6. The first-order valence-corrected chi connectivity index (χ1v) is 20.5. The number of non-ortho nitro benzene ring substituents is 1. The number of aromatic hydroxyl groups is 4. The lowest BCUT2D eigenvalue weighted by Gasteiger charge is -2.06. The quantitative estimate of drug-likeness (QED) is 0.0504. The molecule has 0 aliphatic carbocycles. The number of rotatable bonds is 10. The summed E-state index contributed by atoms with van der Waals surface area (Å²) in [6.07, 6.45) is 0. The molecule has 0 unspecified atom stereocenters. The van der Waals surface area contributed by atoms with E-state index in [4.69, 9.17) is 70.8 Å². The molecule has 6 rings (SSSR count). The molecule has 0 bridgehead atoms. The molecule has 0 spiro atoms. The zero-order valence-corrected chi connectivity index (χ0v) is 38.3. The van der Waals surface area contributed by atoms with Gasteiger partial charge in [0, 0.05) is 67.0 Å². The molecule has 65 heavy (non-hydrogen) atoms. The molecule has 0 heterocycles. The lowest BCUT2D eigenvalue weighted by atomic mass is 10.1. The average molecular weight is 919 g/mol. The van der Waals surface area contributed by atoms with Crippen molar-refractivity contribution in [3.63, 3.8) is 0 Å². The van der Waals surface area contributed by atoms with Gasteiger partial charge in [-0.2, -0.15) is 0 Å². The summed E-state index contributed by atoms with van der Waals surface area (Å²) in [5, 5.41) is 56.9. The molecular formula is C48H64ClN7O9. The average Bonchev–Trinajstić information content (AvgIpc) is 3.32. The largest absolute Gasteiger partial charge is 0.508 e. The fraction of sp³-hybridized carbons (Fsp3) is 0.250. The summed E-state index contributed by atoms with van der Waals surface area (Å²) in [6, 6.07) is 31.4. The standard InChI is InChI=1S/C9H13NO.C8H10ClN.C8H10N2O4.C8H11NO2.C8H11NO.C7H9NO/c1-7-2-3-8(6-11)4-9(7)5-10;1-6-2-3-8(9)4-7(6)5-10;1-14-7-3-6(10(12)13)2-5(4-9)8(7)11;1-11-7-4-2-3-6(5-9)8(7)10;1-6-2-3-8(10)4-7(6)5-9;8-5-6-3-1-2-4-7(6)9/h2-4,11H,5-6,10H2,1H3;2-4H,5,10H2,1H3;2-3,11H,4,9H2,1H3;2-4,10H,5,9H2,1H3;2-4,10H,5,9H2,1H3;1-4,9H,5,8H2. The Balaban J connectivity index is 0.000000392. The second-order valence-corrected chi connectivity index (χ2v) is 14.3. The number of phenolic OH excluding ortho intramolecular Hbond substituents is 4. The molecule has 6 aromatic rings. The lowest BCUT2D eigenvalue weighted by Crippen LogP contribution is -2.00. The molecule has 0 amide bonds. The number of phenols is 4. The monoisotopic (exact) mass is 917 g/mol. The summed E-state index contributed by atoms with van der Waals surface area (Å²) in [6.45, 7) is 8.43. The van der Waals surface area contributed by atoms with Crippen LogP contribution in [0.15, 0.2) is 109 Å². The number of hydrogen-bond acceptors (Lipinski definition) is 15. The van der Waals surface area contributed by atoms with Gasteiger partial charge in [0.2, 0.25) is 0 Å². The van der Waals surface area contributed by atoms with Crippen molar-refractivity contribution < 1.29 is 39.9 Å². The molecule has 0 saturated heterocycles. The van der Waals surface area contributed by atoms with E-state index in [-0.39, 0.29) is 53.2 Å². The van der Waals surface area contributed by atoms with Crippen molar-refractivity contribution in [1.29, 1.82) is 0 Å². The Bertz CT molecular complexity index is 2270. The molecule has 16 nitrogen and oxygen atoms in total. The first-order chi connectivity index (χ1) is 31.0. The third kappa shape index (κ3) is 19.4. The highest BCUT2D eigenvalue weighted by Crippen LogP contribution is 2.34. The van der Waals surface area contributed by atoms with Crippen LogP contribution in [0.5, 0.6) is 34.5 Å². The maximum Gasteiger partial charge on any atom is 0.273 e. The molecule has 17 N–H and O–H groups in total. The van der Waals surface area contributed by atoms with E-state index >= 15 is 0 Å². The number of nitro groups is 1. The van der Waals surface area contributed by atoms with Gasteiger partial charge in [-0.1, -0.05) is 72.3 Å². The van der Waals surface area contributed by atoms with Gasteiger partial charge >= 0.3 is 0 Å². The van der Waals surface area contributed by atoms with Crippen LogP contribution >= 0.6 is 11.6 Å². The molecule has 0 aliphatic heterocycles. The number of nitro benzene ring substituents is 1. The zero-order valence-electron chi connectivity index (χ0n) is 37.5. The first-order valence-electron chi connectivity index (χ1n) is 20.1. The lowest BCUT2D eigenvalue weighted by molar-refractivity contribution is -0.385. The highest BCUT2D eigenvalue weighted by Gasteiger charge is 2.15. The summed E-state index contributed by atoms with van der Waals surface area (Å²) >= 11 is 5.74. The van der Waals surface area contributed by atoms with E-state index in [1.165, 1.54) is 31.4 Å². The van der Waals surface area contributed by atoms with Crippen molar-refractivity contribution in [2.24, 2.45) is 34.4 Å². The van der Waals surface area contributed by atoms with E-state index in [1.54, 1.807) is 48.5 Å². The number of nitrogens with two attached hydrogens (primary N) is 6. The van der Waals surface area contributed by atoms with Crippen LogP contribution in [0.2, 0.25) is 5.02 Å². The van der Waals surface area contributed by atoms with Crippen molar-refractivity contribution >= 4 is 17.3 Å². The number of aryl methyl sites for hydroxylation is 3. The smallest absolute Gasteiger partial charge is 0.273 e. The number of methoxy groups -OCH3 is 2. The van der Waals surface area contributed by atoms with Crippen LogP contribution in [0.4, 0.5) is 5.69 Å². The molecule has 0 saturated carbocycles. The van der Waals surface area contributed by atoms with Crippen LogP contribution in [0, 0.1) is 30.9 Å². The van der Waals surface area contributed by atoms with Gasteiger partial charge in [-0.25, -0.2) is 0 Å². The Hall–Kier alpha value is -6.47. The summed E-state index contributed by atoms with van der Waals surface area (Å²) in [4.78, 5) is 9.91. The van der Waals surface area contributed by atoms with Gasteiger partial charge in [-0.15, -0.1) is 0 Å². The van der Waals surface area contributed by atoms with Crippen LogP contribution in [0.3, 0.4) is 0 Å². The van der Waals surface area contributed by atoms with Crippen LogP contribution in [-0.4, -0.2) is 44.7 Å². The molecular weight excluding hydrogens is 854 g/mol. The number of aliphatic hydroxyl groups excluding tert-OH is 1. The third-order valence-electron chi connectivity index (χ3n) is 9.42. The summed E-state index contributed by atoms with van der Waals surface area (Å²) in [5.74, 6) is 1.07. The number of para-hydroxylation sites is 2. The van der Waals surface area contributed by atoms with E-state index in [0.29, 0.717) is 44.0 Å². The van der Waals surface area contributed by atoms with Crippen LogP contribution in [0.25, 0.3) is 0 Å². The Morgan fingerprint density at radius 3 is 1.48 bits per heavy atom. The zero-order chi connectivity index (χ0) is 49.1. The van der Waals surface area contributed by atoms with Crippen LogP contribution in [0.1, 0.15) is 55.6 Å². The van der Waals surface area contributed by atoms with Gasteiger partial charge < -0.3 is 69.4 Å². The number of benzene rings is 6. The summed E-state index contributed by atoms with van der Waals surface area (Å²) in [5.41, 5.74) is 41.6. The van der Waals surface area contributed by atoms with E-state index in [9.17, 15) is 20.3 Å². The number of hydrogen-bond donors (Lipinski definition) is 11. The minimum absolute atomic E-state index is 0.0177. The number of aliphatic hydroxyl groups is 1. The maximum atomic E-state index is 10.5. The fourth-order valence-electron chi connectivity index (χ4n) is 5.43. The van der Waals surface area contributed by atoms with Crippen LogP contribution < -0.4 is 43.9 Å². The number of halogens is 1. The van der Waals surface area contributed by atoms with Crippen molar-refractivity contribution in [3.05, 3.63) is 180 Å². The molecule has 0 radical (unpaired) electrons. The molecule has 352 valence electrons. The topological polar surface area (TPSA) is 319 Å². The number of nitrogens with zero attached hydrogens (tertiary/aromatic N) is 1. The molecule has 0 aliphatic rings. The predicted octanol–water partition coefficient (Wildman–Crippen LogP) is 6.69. The van der Waals surface area contributed by atoms with Crippen molar-refractivity contribution in [1.82, 2.24) is 0 Å². The molecule has 0 aromatic heterocycles. The first kappa shape index (κ1) is 56.5. The van der Waals surface area contributed by atoms with Crippen molar-refractivity contribution in [3.8, 4) is 34.5 Å². The van der Waals surface area contributed by atoms with E-state index < -0.39 is 4.92 Å². The fourth-order valence-corrected chi connectivity index (χ4v) is 5.62. The minimum atomic E-state index is -0.568. The van der Waals surface area contributed by atoms with Gasteiger partial charge in [0.1, 0.15) is 11.5 Å². The van der Waals surface area contributed by atoms with Gasteiger partial charge in [-0.3, -0.25) is 10.1 Å². The molecule has 17 heteroatoms. The van der Waals surface area contributed by atoms with E-state index in [0.717, 1.165) is 44.5 Å². The van der Waals surface area contributed by atoms with Gasteiger partial charge in [0.15, 0.2) is 23.0 Å². The second-order valence-electron chi connectivity index (χ2n) is 13.8. The number of ether oxygens (including phenoxy) is 2. The highest BCUT2D eigenvalue weighted by molar-refractivity contribution is 6.30. The highest BCUT2D eigenvalue weighted by atomic mass is 35.5. The third-order valence-corrected chi connectivity index (χ3v) is 9.66. The summed E-state index contributed by atoms with van der Waals surface area (Å²) < 4.78 is 9.65. The predicted molar refractivity (Wildman–Crippen MR) is 258 cm³/mol. The van der Waals surface area contributed by atoms with E-state index in [1.807, 2.05) is 69.3 Å². The Labute approximate surface area is 385 Å². The van der Waals surface area contributed by atoms with Gasteiger partial charge in [0.05, 0.1) is 31.8 Å². The van der Waals surface area contributed by atoms with Gasteiger partial charge in [-0.05, 0) is 96.1 Å². The van der Waals surface area contributed by atoms with Crippen molar-refractivity contribution in [2.75, 3.05) is 14.2 Å². The Morgan fingerprint density at radius 2 is 1.02 bits per heavy atom. The van der Waals surface area contributed by atoms with Crippen molar-refractivity contribution in [2.45, 2.75) is 66.6 Å². The normalized spacial score (nSPS) is 9.80. The molecule has 0 atom stereocenters.